The number of aromatic nitrogens is 2. The molecule has 0 fully saturated rings. The van der Waals surface area contributed by atoms with Crippen molar-refractivity contribution < 1.29 is 18.8 Å². The van der Waals surface area contributed by atoms with Crippen LogP contribution in [0.1, 0.15) is 16.1 Å². The highest BCUT2D eigenvalue weighted by molar-refractivity contribution is 5.90. The fourth-order valence-electron chi connectivity index (χ4n) is 2.34. The fraction of sp³-hybridized carbons (Fsp3) is 0.143. The van der Waals surface area contributed by atoms with Crippen molar-refractivity contribution in [1.82, 2.24) is 9.72 Å². The molecular formula is C14H11FN2O3. The highest BCUT2D eigenvalue weighted by Gasteiger charge is 2.16. The van der Waals surface area contributed by atoms with Gasteiger partial charge in [0.25, 0.3) is 0 Å². The fourth-order valence-corrected chi connectivity index (χ4v) is 2.34. The molecule has 0 bridgehead atoms. The number of fused-ring (bicyclic) bond motifs is 1. The van der Waals surface area contributed by atoms with E-state index in [1.165, 1.54) is 12.1 Å². The summed E-state index contributed by atoms with van der Waals surface area (Å²) in [5.74, 6) is -1.34. The van der Waals surface area contributed by atoms with Gasteiger partial charge in [0, 0.05) is 30.3 Å². The maximum absolute atomic E-state index is 14.2. The summed E-state index contributed by atoms with van der Waals surface area (Å²) >= 11 is 0. The summed E-state index contributed by atoms with van der Waals surface area (Å²) in [6.45, 7) is 1.88. The van der Waals surface area contributed by atoms with E-state index in [9.17, 15) is 9.18 Å². The first-order chi connectivity index (χ1) is 9.47. The number of carboxylic acid groups (broad SMARTS) is 1. The lowest BCUT2D eigenvalue weighted by Gasteiger charge is -2.01. The molecule has 1 N–H and O–H groups in total. The molecule has 0 aliphatic heterocycles. The molecule has 0 unspecified atom stereocenters. The maximum atomic E-state index is 14.2. The Morgan fingerprint density at radius 3 is 2.80 bits per heavy atom. The van der Waals surface area contributed by atoms with Gasteiger partial charge in [-0.1, -0.05) is 5.16 Å². The molecule has 5 nitrogen and oxygen atoms in total. The van der Waals surface area contributed by atoms with Crippen LogP contribution in [0.15, 0.2) is 28.9 Å². The Labute approximate surface area is 113 Å². The number of halogens is 1. The molecule has 2 aromatic heterocycles. The molecule has 0 amide bonds. The third kappa shape index (κ3) is 1.77. The van der Waals surface area contributed by atoms with Crippen LogP contribution in [-0.2, 0) is 7.05 Å². The predicted molar refractivity (Wildman–Crippen MR) is 70.1 cm³/mol. The van der Waals surface area contributed by atoms with Crippen molar-refractivity contribution in [2.24, 2.45) is 7.05 Å². The quantitative estimate of drug-likeness (QED) is 0.780. The molecule has 0 saturated carbocycles. The minimum atomic E-state index is -1.18. The van der Waals surface area contributed by atoms with Gasteiger partial charge in [0.15, 0.2) is 11.5 Å². The first-order valence-electron chi connectivity index (χ1n) is 5.93. The predicted octanol–water partition coefficient (Wildman–Crippen LogP) is 2.98. The zero-order valence-electron chi connectivity index (χ0n) is 10.8. The van der Waals surface area contributed by atoms with E-state index in [0.717, 1.165) is 10.9 Å². The number of aryl methyl sites for hydroxylation is 2. The topological polar surface area (TPSA) is 68.3 Å². The van der Waals surface area contributed by atoms with Crippen LogP contribution in [0.25, 0.3) is 22.2 Å². The van der Waals surface area contributed by atoms with E-state index in [4.69, 9.17) is 9.63 Å². The van der Waals surface area contributed by atoms with Crippen molar-refractivity contribution in [3.63, 3.8) is 0 Å². The maximum Gasteiger partial charge on any atom is 0.358 e. The minimum Gasteiger partial charge on any atom is -0.476 e. The highest BCUT2D eigenvalue weighted by Crippen LogP contribution is 2.30. The normalized spacial score (nSPS) is 11.2. The monoisotopic (exact) mass is 274 g/mol. The van der Waals surface area contributed by atoms with Crippen molar-refractivity contribution >= 4 is 16.9 Å². The number of carbonyl (C=O) groups is 1. The third-order valence-corrected chi connectivity index (χ3v) is 3.24. The van der Waals surface area contributed by atoms with Gasteiger partial charge in [0.05, 0.1) is 5.52 Å². The average molecular weight is 274 g/mol. The number of hydrogen-bond acceptors (Lipinski definition) is 3. The molecule has 102 valence electrons. The summed E-state index contributed by atoms with van der Waals surface area (Å²) in [5.41, 5.74) is 1.69. The Morgan fingerprint density at radius 2 is 2.15 bits per heavy atom. The van der Waals surface area contributed by atoms with E-state index in [2.05, 4.69) is 5.16 Å². The van der Waals surface area contributed by atoms with Crippen LogP contribution in [0.5, 0.6) is 0 Å². The first kappa shape index (κ1) is 12.4. The van der Waals surface area contributed by atoms with Crippen molar-refractivity contribution in [3.8, 4) is 11.3 Å². The lowest BCUT2D eigenvalue weighted by atomic mass is 10.1. The van der Waals surface area contributed by atoms with Crippen molar-refractivity contribution in [2.75, 3.05) is 0 Å². The van der Waals surface area contributed by atoms with E-state index in [1.807, 2.05) is 13.1 Å². The van der Waals surface area contributed by atoms with E-state index < -0.39 is 5.97 Å². The molecular weight excluding hydrogens is 263 g/mol. The van der Waals surface area contributed by atoms with Crippen LogP contribution in [0.3, 0.4) is 0 Å². The summed E-state index contributed by atoms with van der Waals surface area (Å²) in [7, 11) is 1.77. The second-order valence-corrected chi connectivity index (χ2v) is 4.66. The zero-order valence-corrected chi connectivity index (χ0v) is 10.8. The summed E-state index contributed by atoms with van der Waals surface area (Å²) in [6, 6.07) is 4.36. The number of nitrogens with zero attached hydrogens (tertiary/aromatic N) is 2. The molecule has 3 rings (SSSR count). The Hall–Kier alpha value is -2.63. The summed E-state index contributed by atoms with van der Waals surface area (Å²) in [5, 5.41) is 13.0. The Bertz CT molecular complexity index is 832. The smallest absolute Gasteiger partial charge is 0.358 e. The van der Waals surface area contributed by atoms with Gasteiger partial charge in [-0.3, -0.25) is 0 Å². The Balaban J connectivity index is 2.21. The first-order valence-corrected chi connectivity index (χ1v) is 5.93. The average Bonchev–Trinajstić information content (AvgIpc) is 2.95. The molecule has 20 heavy (non-hydrogen) atoms. The van der Waals surface area contributed by atoms with Gasteiger partial charge < -0.3 is 14.2 Å². The molecule has 0 aliphatic rings. The van der Waals surface area contributed by atoms with Gasteiger partial charge >= 0.3 is 5.97 Å². The van der Waals surface area contributed by atoms with E-state index in [0.29, 0.717) is 11.1 Å². The summed E-state index contributed by atoms with van der Waals surface area (Å²) in [4.78, 5) is 10.8. The van der Waals surface area contributed by atoms with Gasteiger partial charge in [-0.15, -0.1) is 0 Å². The van der Waals surface area contributed by atoms with Crippen LogP contribution in [0.2, 0.25) is 0 Å². The number of rotatable bonds is 2. The van der Waals surface area contributed by atoms with Crippen LogP contribution < -0.4 is 0 Å². The van der Waals surface area contributed by atoms with Crippen molar-refractivity contribution in [3.05, 3.63) is 41.5 Å². The van der Waals surface area contributed by atoms with Crippen LogP contribution in [-0.4, -0.2) is 20.8 Å². The van der Waals surface area contributed by atoms with Gasteiger partial charge in [0.1, 0.15) is 5.82 Å². The van der Waals surface area contributed by atoms with Gasteiger partial charge in [-0.25, -0.2) is 9.18 Å². The number of benzene rings is 1. The molecule has 0 spiro atoms. The zero-order chi connectivity index (χ0) is 14.4. The van der Waals surface area contributed by atoms with Crippen LogP contribution >= 0.6 is 0 Å². The summed E-state index contributed by atoms with van der Waals surface area (Å²) in [6.07, 6.45) is 1.83. The second kappa shape index (κ2) is 4.19. The van der Waals surface area contributed by atoms with E-state index in [1.54, 1.807) is 17.7 Å². The molecule has 0 radical (unpaired) electrons. The van der Waals surface area contributed by atoms with Gasteiger partial charge in [-0.2, -0.15) is 0 Å². The van der Waals surface area contributed by atoms with Gasteiger partial charge in [-0.05, 0) is 24.6 Å². The SMILES string of the molecule is Cc1cn(C)c2c(F)cc(-c3cc(C(=O)O)no3)cc12. The second-order valence-electron chi connectivity index (χ2n) is 4.66. The largest absolute Gasteiger partial charge is 0.476 e. The number of hydrogen-bond donors (Lipinski definition) is 1. The lowest BCUT2D eigenvalue weighted by Crippen LogP contribution is -1.94. The number of aromatic carboxylic acids is 1. The molecule has 3 aromatic rings. The van der Waals surface area contributed by atoms with Crippen molar-refractivity contribution in [1.29, 1.82) is 0 Å². The molecule has 2 heterocycles. The van der Waals surface area contributed by atoms with E-state index >= 15 is 0 Å². The minimum absolute atomic E-state index is 0.203. The van der Waals surface area contributed by atoms with E-state index in [-0.39, 0.29) is 17.3 Å². The standard InChI is InChI=1S/C14H11FN2O3/c1-7-6-17(2)13-9(7)3-8(4-10(13)15)12-5-11(14(18)19)16-20-12/h3-6H,1-2H3,(H,18,19). The lowest BCUT2D eigenvalue weighted by molar-refractivity contribution is 0.0686. The highest BCUT2D eigenvalue weighted by atomic mass is 19.1. The molecule has 6 heteroatoms. The van der Waals surface area contributed by atoms with Crippen LogP contribution in [0, 0.1) is 12.7 Å². The molecule has 0 atom stereocenters. The molecule has 0 aliphatic carbocycles. The van der Waals surface area contributed by atoms with Crippen molar-refractivity contribution in [2.45, 2.75) is 6.92 Å². The van der Waals surface area contributed by atoms with Crippen LogP contribution in [0.4, 0.5) is 4.39 Å². The Morgan fingerprint density at radius 1 is 1.40 bits per heavy atom. The Kier molecular flexibility index (Phi) is 2.60. The summed E-state index contributed by atoms with van der Waals surface area (Å²) < 4.78 is 20.8. The third-order valence-electron chi connectivity index (χ3n) is 3.24. The number of carboxylic acids is 1. The van der Waals surface area contributed by atoms with Gasteiger partial charge in [0.2, 0.25) is 0 Å². The molecule has 0 saturated heterocycles. The molecule has 1 aromatic carbocycles.